The summed E-state index contributed by atoms with van der Waals surface area (Å²) in [5.41, 5.74) is -1.64. The number of ether oxygens (including phenoxy) is 4. The SMILES string of the molecule is CCCCCCC(O)C/C=C\CCCCCCCC(=O)C(C)(C)OCCOCCOC(C)(C)C(=O)CCCCCCC/C=C\CC(CCCCCC)OC(C)C. The molecule has 2 atom stereocenters. The summed E-state index contributed by atoms with van der Waals surface area (Å²) in [6.45, 7) is 17.5. The fraction of sp³-hybridized carbons (Fsp3) is 0.878. The molecule has 0 aliphatic rings. The maximum absolute atomic E-state index is 12.8. The molecule has 0 radical (unpaired) electrons. The van der Waals surface area contributed by atoms with Gasteiger partial charge in [0.1, 0.15) is 11.2 Å². The van der Waals surface area contributed by atoms with E-state index in [2.05, 4.69) is 52.0 Å². The summed E-state index contributed by atoms with van der Waals surface area (Å²) in [5.74, 6) is 0.277. The van der Waals surface area contributed by atoms with Gasteiger partial charge in [0.2, 0.25) is 0 Å². The van der Waals surface area contributed by atoms with Crippen molar-refractivity contribution in [2.45, 2.75) is 252 Å². The van der Waals surface area contributed by atoms with E-state index in [-0.39, 0.29) is 23.8 Å². The monoisotopic (exact) mass is 793 g/mol. The van der Waals surface area contributed by atoms with Crippen LogP contribution in [0.5, 0.6) is 0 Å². The standard InChI is InChI=1S/C49H92O7/c1-9-11-13-27-33-44(50)34-28-23-19-15-17-21-25-31-37-46(51)48(5,6)54-41-39-53-40-42-55-49(7,8)47(52)38-32-26-22-18-16-20-24-30-36-45(56-43(3)4)35-29-14-12-10-2/h23-24,28,30,43-45,50H,9-22,25-27,29,31-42H2,1-8H3/b28-23-,30-24-. The van der Waals surface area contributed by atoms with Crippen molar-refractivity contribution in [2.75, 3.05) is 26.4 Å². The Bertz CT molecular complexity index is 970. The number of Topliss-reactive ketones (excluding diaryl/α,β-unsaturated/α-hetero) is 2. The zero-order chi connectivity index (χ0) is 41.8. The fourth-order valence-corrected chi connectivity index (χ4v) is 6.82. The molecule has 0 saturated carbocycles. The van der Waals surface area contributed by atoms with E-state index >= 15 is 0 Å². The molecule has 0 aromatic carbocycles. The van der Waals surface area contributed by atoms with Crippen LogP contribution in [0.4, 0.5) is 0 Å². The first kappa shape index (κ1) is 54.6. The lowest BCUT2D eigenvalue weighted by Gasteiger charge is -2.25. The minimum atomic E-state index is -0.823. The first-order valence-corrected chi connectivity index (χ1v) is 23.4. The minimum Gasteiger partial charge on any atom is -0.393 e. The number of unbranched alkanes of at least 4 members (excludes halogenated alkanes) is 16. The van der Waals surface area contributed by atoms with Crippen LogP contribution in [-0.2, 0) is 28.5 Å². The quantitative estimate of drug-likeness (QED) is 0.0486. The Balaban J connectivity index is 3.88. The van der Waals surface area contributed by atoms with Gasteiger partial charge in [-0.1, -0.05) is 128 Å². The van der Waals surface area contributed by atoms with Gasteiger partial charge in [-0.25, -0.2) is 0 Å². The molecule has 330 valence electrons. The molecular weight excluding hydrogens is 701 g/mol. The zero-order valence-corrected chi connectivity index (χ0v) is 38.2. The lowest BCUT2D eigenvalue weighted by atomic mass is 9.97. The lowest BCUT2D eigenvalue weighted by molar-refractivity contribution is -0.145. The molecule has 0 aromatic rings. The van der Waals surface area contributed by atoms with E-state index in [1.165, 1.54) is 64.2 Å². The Labute approximate surface area is 346 Å². The summed E-state index contributed by atoms with van der Waals surface area (Å²) in [6, 6.07) is 0. The highest BCUT2D eigenvalue weighted by Gasteiger charge is 2.28. The van der Waals surface area contributed by atoms with Crippen LogP contribution in [0.3, 0.4) is 0 Å². The number of allylic oxidation sites excluding steroid dienone is 2. The van der Waals surface area contributed by atoms with Gasteiger partial charge in [0, 0.05) is 12.8 Å². The van der Waals surface area contributed by atoms with Crippen LogP contribution >= 0.6 is 0 Å². The van der Waals surface area contributed by atoms with Crippen LogP contribution in [0.15, 0.2) is 24.3 Å². The lowest BCUT2D eigenvalue weighted by Crippen LogP contribution is -2.37. The summed E-state index contributed by atoms with van der Waals surface area (Å²) < 4.78 is 23.6. The number of carbonyl (C=O) groups excluding carboxylic acids is 2. The molecular formula is C49H92O7. The van der Waals surface area contributed by atoms with E-state index < -0.39 is 11.2 Å². The molecule has 0 amide bonds. The van der Waals surface area contributed by atoms with Crippen molar-refractivity contribution >= 4 is 11.6 Å². The molecule has 56 heavy (non-hydrogen) atoms. The third-order valence-electron chi connectivity index (χ3n) is 10.6. The van der Waals surface area contributed by atoms with Crippen LogP contribution in [0.25, 0.3) is 0 Å². The van der Waals surface area contributed by atoms with Crippen molar-refractivity contribution in [3.63, 3.8) is 0 Å². The Morgan fingerprint density at radius 1 is 0.536 bits per heavy atom. The van der Waals surface area contributed by atoms with Crippen LogP contribution < -0.4 is 0 Å². The Morgan fingerprint density at radius 3 is 1.45 bits per heavy atom. The Hall–Kier alpha value is -1.38. The smallest absolute Gasteiger partial charge is 0.164 e. The molecule has 1 N–H and O–H groups in total. The predicted molar refractivity (Wildman–Crippen MR) is 237 cm³/mol. The first-order chi connectivity index (χ1) is 26.9. The van der Waals surface area contributed by atoms with Gasteiger partial charge in [0.25, 0.3) is 0 Å². The predicted octanol–water partition coefficient (Wildman–Crippen LogP) is 13.2. The largest absolute Gasteiger partial charge is 0.393 e. The van der Waals surface area contributed by atoms with Crippen molar-refractivity contribution in [3.8, 4) is 0 Å². The number of aliphatic hydroxyl groups excluding tert-OH is 1. The minimum absolute atomic E-state index is 0.134. The van der Waals surface area contributed by atoms with Gasteiger partial charge in [-0.15, -0.1) is 0 Å². The average Bonchev–Trinajstić information content (AvgIpc) is 3.15. The molecule has 7 nitrogen and oxygen atoms in total. The van der Waals surface area contributed by atoms with Gasteiger partial charge in [-0.05, 0) is 106 Å². The average molecular weight is 793 g/mol. The summed E-state index contributed by atoms with van der Waals surface area (Å²) in [4.78, 5) is 25.6. The van der Waals surface area contributed by atoms with Gasteiger partial charge in [0.05, 0.1) is 44.7 Å². The molecule has 7 heteroatoms. The highest BCUT2D eigenvalue weighted by atomic mass is 16.6. The van der Waals surface area contributed by atoms with E-state index in [0.717, 1.165) is 89.9 Å². The van der Waals surface area contributed by atoms with Gasteiger partial charge in [-0.2, -0.15) is 0 Å². The second-order valence-electron chi connectivity index (χ2n) is 17.4. The highest BCUT2D eigenvalue weighted by Crippen LogP contribution is 2.19. The molecule has 0 aliphatic heterocycles. The van der Waals surface area contributed by atoms with Gasteiger partial charge >= 0.3 is 0 Å². The Morgan fingerprint density at radius 2 is 0.964 bits per heavy atom. The second-order valence-corrected chi connectivity index (χ2v) is 17.4. The molecule has 0 fully saturated rings. The van der Waals surface area contributed by atoms with Crippen molar-refractivity contribution < 1.29 is 33.6 Å². The summed E-state index contributed by atoms with van der Waals surface area (Å²) in [5, 5.41) is 10.1. The first-order valence-electron chi connectivity index (χ1n) is 23.4. The van der Waals surface area contributed by atoms with E-state index in [4.69, 9.17) is 18.9 Å². The van der Waals surface area contributed by atoms with Crippen LogP contribution in [0.1, 0.15) is 222 Å². The molecule has 0 aliphatic carbocycles. The molecule has 0 saturated heterocycles. The highest BCUT2D eigenvalue weighted by molar-refractivity contribution is 5.86. The van der Waals surface area contributed by atoms with Crippen molar-refractivity contribution in [1.82, 2.24) is 0 Å². The number of carbonyl (C=O) groups is 2. The van der Waals surface area contributed by atoms with Crippen LogP contribution in [0.2, 0.25) is 0 Å². The third-order valence-corrected chi connectivity index (χ3v) is 10.6. The van der Waals surface area contributed by atoms with E-state index in [1.54, 1.807) is 0 Å². The second kappa shape index (κ2) is 36.7. The normalized spacial score (nSPS) is 13.8. The molecule has 0 spiro atoms. The van der Waals surface area contributed by atoms with Crippen molar-refractivity contribution in [3.05, 3.63) is 24.3 Å². The Kier molecular flexibility index (Phi) is 35.8. The van der Waals surface area contributed by atoms with Gasteiger partial charge in [0.15, 0.2) is 11.6 Å². The molecule has 0 aromatic heterocycles. The van der Waals surface area contributed by atoms with Crippen molar-refractivity contribution in [1.29, 1.82) is 0 Å². The number of ketones is 2. The molecule has 0 heterocycles. The molecule has 2 unspecified atom stereocenters. The topological polar surface area (TPSA) is 91.3 Å². The van der Waals surface area contributed by atoms with E-state index in [9.17, 15) is 14.7 Å². The zero-order valence-electron chi connectivity index (χ0n) is 38.2. The van der Waals surface area contributed by atoms with Gasteiger partial charge < -0.3 is 24.1 Å². The van der Waals surface area contributed by atoms with Gasteiger partial charge in [-0.3, -0.25) is 9.59 Å². The maximum atomic E-state index is 12.8. The summed E-state index contributed by atoms with van der Waals surface area (Å²) in [7, 11) is 0. The molecule has 0 bridgehead atoms. The summed E-state index contributed by atoms with van der Waals surface area (Å²) in [6.07, 6.45) is 37.4. The van der Waals surface area contributed by atoms with E-state index in [0.29, 0.717) is 45.4 Å². The fourth-order valence-electron chi connectivity index (χ4n) is 6.82. The molecule has 0 rings (SSSR count). The number of rotatable bonds is 42. The number of hydrogen-bond acceptors (Lipinski definition) is 7. The maximum Gasteiger partial charge on any atom is 0.164 e. The van der Waals surface area contributed by atoms with Crippen molar-refractivity contribution in [2.24, 2.45) is 0 Å². The van der Waals surface area contributed by atoms with Crippen LogP contribution in [0, 0.1) is 0 Å². The third kappa shape index (κ3) is 33.6. The van der Waals surface area contributed by atoms with Crippen LogP contribution in [-0.4, -0.2) is 72.6 Å². The summed E-state index contributed by atoms with van der Waals surface area (Å²) >= 11 is 0. The van der Waals surface area contributed by atoms with E-state index in [1.807, 2.05) is 27.7 Å². The number of hydrogen-bond donors (Lipinski definition) is 1. The number of aliphatic hydroxyl groups is 1.